The molecule has 1 aliphatic rings. The van der Waals surface area contributed by atoms with Crippen molar-refractivity contribution < 1.29 is 0 Å². The van der Waals surface area contributed by atoms with E-state index in [1.165, 1.54) is 19.2 Å². The summed E-state index contributed by atoms with van der Waals surface area (Å²) >= 11 is 0. The average Bonchev–Trinajstić information content (AvgIpc) is 2.40. The zero-order valence-corrected chi connectivity index (χ0v) is 9.11. The van der Waals surface area contributed by atoms with Crippen molar-refractivity contribution in [3.05, 3.63) is 0 Å². The molecule has 0 nitrogen and oxygen atoms in total. The van der Waals surface area contributed by atoms with Gasteiger partial charge in [-0.1, -0.05) is 40.4 Å². The molecule has 0 aromatic heterocycles. The summed E-state index contributed by atoms with van der Waals surface area (Å²) in [4.78, 5) is 0. The molecule has 0 aromatic carbocycles. The second-order valence-corrected chi connectivity index (χ2v) is 2.45. The summed E-state index contributed by atoms with van der Waals surface area (Å²) in [6.07, 6.45) is 5.89. The van der Waals surface area contributed by atoms with Crippen molar-refractivity contribution in [1.29, 1.82) is 0 Å². The van der Waals surface area contributed by atoms with Crippen LogP contribution < -0.4 is 0 Å². The lowest BCUT2D eigenvalue weighted by atomic mass is 9.71. The van der Waals surface area contributed by atoms with E-state index in [0.29, 0.717) is 0 Å². The summed E-state index contributed by atoms with van der Waals surface area (Å²) in [6, 6.07) is 0. The van der Waals surface area contributed by atoms with Gasteiger partial charge in [0, 0.05) is 6.42 Å². The number of hydrogen-bond donors (Lipinski definition) is 0. The molecule has 0 spiro atoms. The highest BCUT2D eigenvalue weighted by molar-refractivity contribution is 6.36. The summed E-state index contributed by atoms with van der Waals surface area (Å²) in [7, 11) is 2.25. The Hall–Kier alpha value is -0.375. The Morgan fingerprint density at radius 3 is 2.33 bits per heavy atom. The van der Waals surface area contributed by atoms with Crippen LogP contribution in [-0.4, -0.2) is 7.28 Å². The molecule has 1 rings (SSSR count). The van der Waals surface area contributed by atoms with E-state index in [1.54, 1.807) is 0 Å². The van der Waals surface area contributed by atoms with E-state index in [0.717, 1.165) is 12.7 Å². The molecule has 0 fully saturated rings. The Kier molecular flexibility index (Phi) is 20.0. The van der Waals surface area contributed by atoms with Crippen molar-refractivity contribution in [2.45, 2.75) is 59.6 Å². The van der Waals surface area contributed by atoms with Gasteiger partial charge in [0.2, 0.25) is 0 Å². The van der Waals surface area contributed by atoms with Gasteiger partial charge in [-0.15, -0.1) is 11.8 Å². The molecule has 0 amide bonds. The third-order valence-electron chi connectivity index (χ3n) is 1.08. The van der Waals surface area contributed by atoms with Gasteiger partial charge in [0.15, 0.2) is 0 Å². The molecule has 0 saturated heterocycles. The van der Waals surface area contributed by atoms with Gasteiger partial charge in [-0.05, 0) is 12.7 Å². The van der Waals surface area contributed by atoms with Crippen molar-refractivity contribution >= 4 is 7.28 Å². The first kappa shape index (κ1) is 14.2. The molecule has 0 aliphatic carbocycles. The summed E-state index contributed by atoms with van der Waals surface area (Å²) in [5.74, 6) is 6.11. The molecule has 1 aliphatic heterocycles. The normalized spacial score (nSPS) is 12.7. The maximum absolute atomic E-state index is 3.07. The van der Waals surface area contributed by atoms with E-state index in [4.69, 9.17) is 0 Å². The lowest BCUT2D eigenvalue weighted by Gasteiger charge is -1.83. The van der Waals surface area contributed by atoms with Crippen LogP contribution in [0.3, 0.4) is 0 Å². The molecule has 1 heterocycles. The Morgan fingerprint density at radius 1 is 1.17 bits per heavy atom. The summed E-state index contributed by atoms with van der Waals surface area (Å²) < 4.78 is 0. The second kappa shape index (κ2) is 16.9. The monoisotopic (exact) mass is 165 g/mol. The highest BCUT2D eigenvalue weighted by Gasteiger charge is 1.90. The fourth-order valence-electron chi connectivity index (χ4n) is 0.670. The first-order chi connectivity index (χ1) is 5.91. The SMILES string of the molecule is CC.CCC.[B]1CC#CCCC1. The van der Waals surface area contributed by atoms with Gasteiger partial charge in [-0.3, -0.25) is 0 Å². The Morgan fingerprint density at radius 2 is 1.75 bits per heavy atom. The summed E-state index contributed by atoms with van der Waals surface area (Å²) in [6.45, 7) is 8.25. The molecule has 0 aromatic rings. The molecule has 12 heavy (non-hydrogen) atoms. The molecular formula is C11H22B. The van der Waals surface area contributed by atoms with Gasteiger partial charge < -0.3 is 0 Å². The van der Waals surface area contributed by atoms with E-state index in [9.17, 15) is 0 Å². The van der Waals surface area contributed by atoms with Crippen LogP contribution in [-0.2, 0) is 0 Å². The maximum Gasteiger partial charge on any atom is 0.125 e. The minimum Gasteiger partial charge on any atom is -0.112 e. The van der Waals surface area contributed by atoms with Crippen LogP contribution in [0.5, 0.6) is 0 Å². The van der Waals surface area contributed by atoms with Gasteiger partial charge in [-0.25, -0.2) is 0 Å². The van der Waals surface area contributed by atoms with Crippen molar-refractivity contribution in [2.75, 3.05) is 0 Å². The van der Waals surface area contributed by atoms with Crippen LogP contribution in [0.15, 0.2) is 0 Å². The van der Waals surface area contributed by atoms with Gasteiger partial charge in [0.25, 0.3) is 0 Å². The van der Waals surface area contributed by atoms with Gasteiger partial charge in [0.1, 0.15) is 7.28 Å². The zero-order chi connectivity index (χ0) is 9.66. The minimum atomic E-state index is 1.01. The van der Waals surface area contributed by atoms with Crippen LogP contribution in [0.4, 0.5) is 0 Å². The summed E-state index contributed by atoms with van der Waals surface area (Å²) in [5, 5.41) is 0. The quantitative estimate of drug-likeness (QED) is 0.378. The number of hydrogen-bond acceptors (Lipinski definition) is 0. The summed E-state index contributed by atoms with van der Waals surface area (Å²) in [5.41, 5.74) is 0. The Bertz CT molecular complexity index is 97.9. The van der Waals surface area contributed by atoms with E-state index >= 15 is 0 Å². The molecule has 1 radical (unpaired) electrons. The van der Waals surface area contributed by atoms with E-state index < -0.39 is 0 Å². The van der Waals surface area contributed by atoms with Crippen LogP contribution in [0, 0.1) is 11.8 Å². The highest BCUT2D eigenvalue weighted by atomic mass is 13.8. The van der Waals surface area contributed by atoms with Crippen molar-refractivity contribution in [3.8, 4) is 11.8 Å². The first-order valence-corrected chi connectivity index (χ1v) is 5.19. The third kappa shape index (κ3) is 16.3. The largest absolute Gasteiger partial charge is 0.125 e. The fourth-order valence-corrected chi connectivity index (χ4v) is 0.670. The van der Waals surface area contributed by atoms with Crippen LogP contribution in [0.25, 0.3) is 0 Å². The Labute approximate surface area is 79.4 Å². The minimum absolute atomic E-state index is 1.01. The molecule has 0 atom stereocenters. The van der Waals surface area contributed by atoms with Crippen LogP contribution in [0.1, 0.15) is 47.0 Å². The lowest BCUT2D eigenvalue weighted by molar-refractivity contribution is 0.978. The predicted octanol–water partition coefficient (Wildman–Crippen LogP) is 3.77. The van der Waals surface area contributed by atoms with Crippen molar-refractivity contribution in [2.24, 2.45) is 0 Å². The van der Waals surface area contributed by atoms with Crippen LogP contribution in [0.2, 0.25) is 12.6 Å². The average molecular weight is 165 g/mol. The van der Waals surface area contributed by atoms with E-state index in [2.05, 4.69) is 33.0 Å². The molecule has 0 saturated carbocycles. The van der Waals surface area contributed by atoms with E-state index in [-0.39, 0.29) is 0 Å². The molecule has 0 bridgehead atoms. The molecule has 1 heteroatoms. The zero-order valence-electron chi connectivity index (χ0n) is 9.11. The van der Waals surface area contributed by atoms with Gasteiger partial charge >= 0.3 is 0 Å². The lowest BCUT2D eigenvalue weighted by Crippen LogP contribution is -1.81. The number of rotatable bonds is 0. The highest BCUT2D eigenvalue weighted by Crippen LogP contribution is 1.98. The third-order valence-corrected chi connectivity index (χ3v) is 1.08. The molecule has 0 N–H and O–H groups in total. The van der Waals surface area contributed by atoms with Crippen molar-refractivity contribution in [1.82, 2.24) is 0 Å². The van der Waals surface area contributed by atoms with Crippen LogP contribution >= 0.6 is 0 Å². The topological polar surface area (TPSA) is 0 Å². The molecule has 0 unspecified atom stereocenters. The van der Waals surface area contributed by atoms with Gasteiger partial charge in [0.05, 0.1) is 0 Å². The molecular weight excluding hydrogens is 143 g/mol. The predicted molar refractivity (Wildman–Crippen MR) is 59.7 cm³/mol. The second-order valence-electron chi connectivity index (χ2n) is 2.45. The standard InChI is InChI=1S/C6H8B.C3H8.C2H6/c1-2-4-6-7-5-3-1;1-3-2;1-2/h1,3,5-6H2;3H2,1-2H3;1-2H3. The fraction of sp³-hybridized carbons (Fsp3) is 0.818. The van der Waals surface area contributed by atoms with Gasteiger partial charge in [-0.2, -0.15) is 0 Å². The maximum atomic E-state index is 3.07. The van der Waals surface area contributed by atoms with E-state index in [1.807, 2.05) is 13.8 Å². The van der Waals surface area contributed by atoms with Crippen molar-refractivity contribution in [3.63, 3.8) is 0 Å². The Balaban J connectivity index is 0. The molecule has 69 valence electrons. The first-order valence-electron chi connectivity index (χ1n) is 5.19. The smallest absolute Gasteiger partial charge is 0.112 e.